The Morgan fingerprint density at radius 1 is 0.857 bits per heavy atom. The molecule has 21 heavy (non-hydrogen) atoms. The van der Waals surface area contributed by atoms with Crippen molar-refractivity contribution in [1.29, 1.82) is 0 Å². The van der Waals surface area contributed by atoms with Crippen LogP contribution in [0.3, 0.4) is 0 Å². The number of carbonyl (C=O) groups is 2. The number of hydrogen-bond donors (Lipinski definition) is 0. The van der Waals surface area contributed by atoms with Gasteiger partial charge in [-0.05, 0) is 25.0 Å². The van der Waals surface area contributed by atoms with E-state index in [-0.39, 0.29) is 62.5 Å². The fourth-order valence-corrected chi connectivity index (χ4v) is 1.61. The molecule has 0 aliphatic heterocycles. The van der Waals surface area contributed by atoms with Gasteiger partial charge in [-0.25, -0.2) is 9.59 Å². The Kier molecular flexibility index (Phi) is 12.2. The van der Waals surface area contributed by atoms with Crippen LogP contribution in [0.15, 0.2) is 24.3 Å². The van der Waals surface area contributed by atoms with Gasteiger partial charge in [0.25, 0.3) is 0 Å². The summed E-state index contributed by atoms with van der Waals surface area (Å²) in [6.07, 6.45) is 3.53. The van der Waals surface area contributed by atoms with Gasteiger partial charge in [-0.15, -0.1) is 0 Å². The van der Waals surface area contributed by atoms with E-state index in [2.05, 4.69) is 0 Å². The Morgan fingerprint density at radius 2 is 1.24 bits per heavy atom. The summed E-state index contributed by atoms with van der Waals surface area (Å²) >= 11 is 0. The predicted octanol–water partition coefficient (Wildman–Crippen LogP) is 2.95. The van der Waals surface area contributed by atoms with Crippen molar-refractivity contribution in [3.8, 4) is 0 Å². The van der Waals surface area contributed by atoms with Crippen LogP contribution in [0.1, 0.15) is 60.2 Å². The molecule has 0 N–H and O–H groups in total. The summed E-state index contributed by atoms with van der Waals surface area (Å²) in [6, 6.07) is 6.59. The van der Waals surface area contributed by atoms with Crippen molar-refractivity contribution in [2.75, 3.05) is 13.2 Å². The first-order chi connectivity index (χ1) is 9.70. The number of benzene rings is 1. The molecule has 112 valence electrons. The van der Waals surface area contributed by atoms with Gasteiger partial charge < -0.3 is 9.47 Å². The van der Waals surface area contributed by atoms with E-state index in [0.717, 1.165) is 25.7 Å². The second-order valence-corrected chi connectivity index (χ2v) is 4.52. The van der Waals surface area contributed by atoms with Crippen LogP contribution in [0.4, 0.5) is 0 Å². The summed E-state index contributed by atoms with van der Waals surface area (Å²) in [7, 11) is 0. The molecule has 1 rings (SSSR count). The summed E-state index contributed by atoms with van der Waals surface area (Å²) in [6.45, 7) is 4.78. The molecule has 0 aliphatic carbocycles. The fourth-order valence-electron chi connectivity index (χ4n) is 1.61. The molecule has 0 amide bonds. The standard InChI is InChI=1S/C16H22O4.K.H/c1-3-5-11-19-15(17)13-9-7-8-10-14(13)16(18)20-12-6-4-2;;/h7-10H,3-6,11-12H2,1-2H3;;. The summed E-state index contributed by atoms with van der Waals surface area (Å²) in [4.78, 5) is 23.9. The van der Waals surface area contributed by atoms with Crippen LogP contribution in [0.25, 0.3) is 0 Å². The Hall–Kier alpha value is -0.204. The van der Waals surface area contributed by atoms with E-state index in [1.54, 1.807) is 24.3 Å². The van der Waals surface area contributed by atoms with Crippen LogP contribution in [0.2, 0.25) is 0 Å². The maximum atomic E-state index is 11.9. The van der Waals surface area contributed by atoms with Crippen molar-refractivity contribution in [1.82, 2.24) is 0 Å². The third-order valence-electron chi connectivity index (χ3n) is 2.83. The van der Waals surface area contributed by atoms with E-state index in [1.807, 2.05) is 13.8 Å². The van der Waals surface area contributed by atoms with Crippen molar-refractivity contribution in [3.63, 3.8) is 0 Å². The van der Waals surface area contributed by atoms with Crippen molar-refractivity contribution in [2.45, 2.75) is 39.5 Å². The molecule has 0 unspecified atom stereocenters. The summed E-state index contributed by atoms with van der Waals surface area (Å²) < 4.78 is 10.3. The van der Waals surface area contributed by atoms with Gasteiger partial charge in [0.15, 0.2) is 0 Å². The zero-order chi connectivity index (χ0) is 14.8. The predicted molar refractivity (Wildman–Crippen MR) is 84.0 cm³/mol. The third kappa shape index (κ3) is 7.56. The van der Waals surface area contributed by atoms with Crippen LogP contribution in [-0.2, 0) is 9.47 Å². The zero-order valence-electron chi connectivity index (χ0n) is 12.2. The van der Waals surface area contributed by atoms with Gasteiger partial charge in [0.1, 0.15) is 0 Å². The Morgan fingerprint density at radius 3 is 1.57 bits per heavy atom. The number of ether oxygens (including phenoxy) is 2. The van der Waals surface area contributed by atoms with Crippen LogP contribution >= 0.6 is 0 Å². The van der Waals surface area contributed by atoms with Crippen molar-refractivity contribution in [2.24, 2.45) is 0 Å². The zero-order valence-corrected chi connectivity index (χ0v) is 12.2. The molecule has 0 fully saturated rings. The van der Waals surface area contributed by atoms with Gasteiger partial charge in [-0.2, -0.15) is 0 Å². The van der Waals surface area contributed by atoms with E-state index in [4.69, 9.17) is 9.47 Å². The first-order valence-corrected chi connectivity index (χ1v) is 7.14. The molecule has 0 bridgehead atoms. The van der Waals surface area contributed by atoms with E-state index < -0.39 is 11.9 Å². The van der Waals surface area contributed by atoms with E-state index in [1.165, 1.54) is 0 Å². The normalized spacial score (nSPS) is 9.62. The molecule has 1 aromatic rings. The average molecular weight is 318 g/mol. The molecule has 0 spiro atoms. The summed E-state index contributed by atoms with van der Waals surface area (Å²) in [5, 5.41) is 0. The molecule has 0 saturated carbocycles. The van der Waals surface area contributed by atoms with E-state index in [0.29, 0.717) is 13.2 Å². The van der Waals surface area contributed by atoms with Gasteiger partial charge >= 0.3 is 63.3 Å². The van der Waals surface area contributed by atoms with Crippen molar-refractivity contribution < 1.29 is 19.1 Å². The molecule has 0 atom stereocenters. The molecule has 0 heterocycles. The first-order valence-electron chi connectivity index (χ1n) is 7.14. The third-order valence-corrected chi connectivity index (χ3v) is 2.83. The monoisotopic (exact) mass is 318 g/mol. The molecular formula is C16H23KO4. The summed E-state index contributed by atoms with van der Waals surface area (Å²) in [5.74, 6) is -0.942. The Bertz CT molecular complexity index is 405. The van der Waals surface area contributed by atoms with Crippen LogP contribution in [0, 0.1) is 0 Å². The fraction of sp³-hybridized carbons (Fsp3) is 0.500. The topological polar surface area (TPSA) is 52.6 Å². The number of rotatable bonds is 8. The second kappa shape index (κ2) is 12.4. The molecule has 0 saturated heterocycles. The molecule has 0 aliphatic rings. The number of hydrogen-bond acceptors (Lipinski definition) is 4. The maximum absolute atomic E-state index is 11.9. The van der Waals surface area contributed by atoms with Crippen LogP contribution in [0.5, 0.6) is 0 Å². The molecule has 5 heteroatoms. The minimum atomic E-state index is -0.471. The number of unbranched alkanes of at least 4 members (excludes halogenated alkanes) is 2. The first kappa shape index (κ1) is 20.8. The van der Waals surface area contributed by atoms with Gasteiger partial charge in [0, 0.05) is 0 Å². The Labute approximate surface area is 169 Å². The Balaban J connectivity index is 0.00000400. The van der Waals surface area contributed by atoms with Gasteiger partial charge in [-0.1, -0.05) is 38.8 Å². The molecular weight excluding hydrogens is 295 g/mol. The van der Waals surface area contributed by atoms with Gasteiger partial charge in [0.2, 0.25) is 0 Å². The SMILES string of the molecule is CCCCOC(=O)c1ccccc1C(=O)OCCCC.[KH]. The molecule has 1 aromatic carbocycles. The van der Waals surface area contributed by atoms with E-state index >= 15 is 0 Å². The van der Waals surface area contributed by atoms with Crippen LogP contribution < -0.4 is 0 Å². The number of esters is 2. The minimum absolute atomic E-state index is 0. The average Bonchev–Trinajstić information content (AvgIpc) is 2.47. The second-order valence-electron chi connectivity index (χ2n) is 4.52. The molecule has 0 aromatic heterocycles. The molecule has 4 nitrogen and oxygen atoms in total. The quantitative estimate of drug-likeness (QED) is 0.420. The van der Waals surface area contributed by atoms with E-state index in [9.17, 15) is 9.59 Å². The number of carbonyl (C=O) groups excluding carboxylic acids is 2. The van der Waals surface area contributed by atoms with Crippen molar-refractivity contribution >= 4 is 63.3 Å². The molecule has 0 radical (unpaired) electrons. The summed E-state index contributed by atoms with van der Waals surface area (Å²) in [5.41, 5.74) is 0.537. The van der Waals surface area contributed by atoms with Gasteiger partial charge in [-0.3, -0.25) is 0 Å². The van der Waals surface area contributed by atoms with Gasteiger partial charge in [0.05, 0.1) is 24.3 Å². The van der Waals surface area contributed by atoms with Crippen molar-refractivity contribution in [3.05, 3.63) is 35.4 Å². The van der Waals surface area contributed by atoms with Crippen LogP contribution in [-0.4, -0.2) is 76.5 Å².